The molecule has 2 rings (SSSR count). The minimum absolute atomic E-state index is 0.565. The average Bonchev–Trinajstić information content (AvgIpc) is 2.27. The Labute approximate surface area is 73.6 Å². The molecule has 0 amide bonds. The number of rotatable bonds is 0. The van der Waals surface area contributed by atoms with Crippen molar-refractivity contribution in [1.82, 2.24) is 4.98 Å². The summed E-state index contributed by atoms with van der Waals surface area (Å²) >= 11 is 7.46. The van der Waals surface area contributed by atoms with Crippen LogP contribution in [-0.4, -0.2) is 4.98 Å². The van der Waals surface area contributed by atoms with Crippen LogP contribution < -0.4 is 0 Å². The van der Waals surface area contributed by atoms with Gasteiger partial charge in [-0.25, -0.2) is 4.98 Å². The Kier molecular flexibility index (Phi) is 1.59. The zero-order valence-electron chi connectivity index (χ0n) is 5.97. The number of fused-ring (bicyclic) bond motifs is 1. The SMILES string of the molecule is Cc1cc2cc(Cl)ncc2s1. The first-order chi connectivity index (χ1) is 5.25. The molecular weight excluding hydrogens is 178 g/mol. The molecule has 11 heavy (non-hydrogen) atoms. The zero-order valence-corrected chi connectivity index (χ0v) is 7.54. The number of aromatic nitrogens is 1. The number of pyridine rings is 1. The van der Waals surface area contributed by atoms with E-state index in [4.69, 9.17) is 11.6 Å². The predicted octanol–water partition coefficient (Wildman–Crippen LogP) is 3.26. The van der Waals surface area contributed by atoms with Gasteiger partial charge in [0, 0.05) is 11.1 Å². The fraction of sp³-hybridized carbons (Fsp3) is 0.125. The third-order valence-corrected chi connectivity index (χ3v) is 2.70. The van der Waals surface area contributed by atoms with Gasteiger partial charge in [0.2, 0.25) is 0 Å². The van der Waals surface area contributed by atoms with E-state index in [2.05, 4.69) is 18.0 Å². The van der Waals surface area contributed by atoms with Crippen molar-refractivity contribution in [3.63, 3.8) is 0 Å². The van der Waals surface area contributed by atoms with Crippen LogP contribution in [0.25, 0.3) is 10.1 Å². The van der Waals surface area contributed by atoms with E-state index in [1.165, 1.54) is 15.0 Å². The summed E-state index contributed by atoms with van der Waals surface area (Å²) in [7, 11) is 0. The van der Waals surface area contributed by atoms with Gasteiger partial charge in [0.1, 0.15) is 5.15 Å². The lowest BCUT2D eigenvalue weighted by Crippen LogP contribution is -1.69. The summed E-state index contributed by atoms with van der Waals surface area (Å²) in [5, 5.41) is 1.75. The second-order valence-corrected chi connectivity index (χ2v) is 4.08. The van der Waals surface area contributed by atoms with Gasteiger partial charge in [-0.1, -0.05) is 11.6 Å². The highest BCUT2D eigenvalue weighted by molar-refractivity contribution is 7.18. The zero-order chi connectivity index (χ0) is 7.84. The number of hydrogen-bond acceptors (Lipinski definition) is 2. The highest BCUT2D eigenvalue weighted by Gasteiger charge is 1.98. The Bertz CT molecular complexity index is 394. The van der Waals surface area contributed by atoms with E-state index in [0.29, 0.717) is 5.15 Å². The van der Waals surface area contributed by atoms with E-state index >= 15 is 0 Å². The lowest BCUT2D eigenvalue weighted by molar-refractivity contribution is 1.37. The Morgan fingerprint density at radius 3 is 3.09 bits per heavy atom. The van der Waals surface area contributed by atoms with Crippen molar-refractivity contribution in [2.45, 2.75) is 6.92 Å². The van der Waals surface area contributed by atoms with Crippen LogP contribution in [0.15, 0.2) is 18.3 Å². The van der Waals surface area contributed by atoms with E-state index in [1.807, 2.05) is 12.3 Å². The van der Waals surface area contributed by atoms with Gasteiger partial charge in [0.25, 0.3) is 0 Å². The lowest BCUT2D eigenvalue weighted by Gasteiger charge is -1.87. The topological polar surface area (TPSA) is 12.9 Å². The van der Waals surface area contributed by atoms with Crippen molar-refractivity contribution < 1.29 is 0 Å². The largest absolute Gasteiger partial charge is 0.243 e. The van der Waals surface area contributed by atoms with Crippen LogP contribution in [0.5, 0.6) is 0 Å². The first kappa shape index (κ1) is 7.07. The molecule has 2 aromatic heterocycles. The van der Waals surface area contributed by atoms with Crippen LogP contribution in [0.3, 0.4) is 0 Å². The van der Waals surface area contributed by atoms with Crippen molar-refractivity contribution in [2.75, 3.05) is 0 Å². The van der Waals surface area contributed by atoms with Gasteiger partial charge in [-0.05, 0) is 24.4 Å². The van der Waals surface area contributed by atoms with Crippen molar-refractivity contribution in [2.24, 2.45) is 0 Å². The number of thiophene rings is 1. The molecule has 1 nitrogen and oxygen atoms in total. The van der Waals surface area contributed by atoms with Crippen molar-refractivity contribution >= 4 is 33.0 Å². The molecule has 0 bridgehead atoms. The molecule has 3 heteroatoms. The van der Waals surface area contributed by atoms with Crippen molar-refractivity contribution in [3.05, 3.63) is 28.4 Å². The summed E-state index contributed by atoms with van der Waals surface area (Å²) in [5.41, 5.74) is 0. The average molecular weight is 184 g/mol. The maximum Gasteiger partial charge on any atom is 0.129 e. The molecule has 0 aromatic carbocycles. The molecule has 0 unspecified atom stereocenters. The third-order valence-electron chi connectivity index (χ3n) is 1.49. The first-order valence-corrected chi connectivity index (χ1v) is 4.47. The minimum atomic E-state index is 0.565. The standard InChI is InChI=1S/C8H6ClNS/c1-5-2-6-3-8(9)10-4-7(6)11-5/h2-4H,1H3. The van der Waals surface area contributed by atoms with Crippen LogP contribution in [0.4, 0.5) is 0 Å². The summed E-state index contributed by atoms with van der Waals surface area (Å²) in [6, 6.07) is 4.01. The second kappa shape index (κ2) is 2.47. The lowest BCUT2D eigenvalue weighted by atomic mass is 10.3. The van der Waals surface area contributed by atoms with E-state index in [-0.39, 0.29) is 0 Å². The molecule has 0 saturated heterocycles. The summed E-state index contributed by atoms with van der Waals surface area (Å²) < 4.78 is 1.20. The molecular formula is C8H6ClNS. The van der Waals surface area contributed by atoms with Gasteiger partial charge in [-0.3, -0.25) is 0 Å². The number of nitrogens with zero attached hydrogens (tertiary/aromatic N) is 1. The summed E-state index contributed by atoms with van der Waals surface area (Å²) in [6.45, 7) is 2.08. The molecule has 0 atom stereocenters. The van der Waals surface area contributed by atoms with E-state index in [1.54, 1.807) is 11.3 Å². The van der Waals surface area contributed by atoms with E-state index in [0.717, 1.165) is 0 Å². The molecule has 56 valence electrons. The molecule has 0 spiro atoms. The Balaban J connectivity index is 2.82. The van der Waals surface area contributed by atoms with Crippen molar-refractivity contribution in [1.29, 1.82) is 0 Å². The predicted molar refractivity (Wildman–Crippen MR) is 49.4 cm³/mol. The second-order valence-electron chi connectivity index (χ2n) is 2.40. The summed E-state index contributed by atoms with van der Waals surface area (Å²) in [6.07, 6.45) is 1.81. The highest BCUT2D eigenvalue weighted by atomic mass is 35.5. The fourth-order valence-electron chi connectivity index (χ4n) is 1.05. The molecule has 0 N–H and O–H groups in total. The number of hydrogen-bond donors (Lipinski definition) is 0. The molecule has 0 fully saturated rings. The van der Waals surface area contributed by atoms with Gasteiger partial charge in [-0.15, -0.1) is 11.3 Å². The van der Waals surface area contributed by atoms with Gasteiger partial charge >= 0.3 is 0 Å². The summed E-state index contributed by atoms with van der Waals surface area (Å²) in [5.74, 6) is 0. The number of halogens is 1. The van der Waals surface area contributed by atoms with Crippen LogP contribution in [-0.2, 0) is 0 Å². The molecule has 0 saturated carbocycles. The molecule has 0 aliphatic rings. The molecule has 0 aliphatic carbocycles. The van der Waals surface area contributed by atoms with Gasteiger partial charge in [0.05, 0.1) is 4.70 Å². The van der Waals surface area contributed by atoms with Crippen LogP contribution in [0, 0.1) is 6.92 Å². The minimum Gasteiger partial charge on any atom is -0.243 e. The van der Waals surface area contributed by atoms with Crippen LogP contribution in [0.1, 0.15) is 4.88 Å². The van der Waals surface area contributed by atoms with Crippen LogP contribution >= 0.6 is 22.9 Å². The van der Waals surface area contributed by atoms with Gasteiger partial charge < -0.3 is 0 Å². The fourth-order valence-corrected chi connectivity index (χ4v) is 2.09. The smallest absolute Gasteiger partial charge is 0.129 e. The summed E-state index contributed by atoms with van der Waals surface area (Å²) in [4.78, 5) is 5.29. The Morgan fingerprint density at radius 2 is 2.27 bits per heavy atom. The Morgan fingerprint density at radius 1 is 1.45 bits per heavy atom. The monoisotopic (exact) mass is 183 g/mol. The molecule has 0 radical (unpaired) electrons. The molecule has 2 aromatic rings. The maximum atomic E-state index is 5.72. The van der Waals surface area contributed by atoms with Gasteiger partial charge in [0.15, 0.2) is 0 Å². The quantitative estimate of drug-likeness (QED) is 0.572. The Hall–Kier alpha value is -0.600. The molecule has 0 aliphatic heterocycles. The van der Waals surface area contributed by atoms with Crippen molar-refractivity contribution in [3.8, 4) is 0 Å². The van der Waals surface area contributed by atoms with E-state index < -0.39 is 0 Å². The maximum absolute atomic E-state index is 5.72. The van der Waals surface area contributed by atoms with E-state index in [9.17, 15) is 0 Å². The molecule has 2 heterocycles. The third kappa shape index (κ3) is 1.24. The normalized spacial score (nSPS) is 10.7. The number of aryl methyl sites for hydroxylation is 1. The highest BCUT2D eigenvalue weighted by Crippen LogP contribution is 2.25. The van der Waals surface area contributed by atoms with Crippen LogP contribution in [0.2, 0.25) is 5.15 Å². The first-order valence-electron chi connectivity index (χ1n) is 3.27. The van der Waals surface area contributed by atoms with Gasteiger partial charge in [-0.2, -0.15) is 0 Å².